The number of aryl methyl sites for hydroxylation is 1. The van der Waals surface area contributed by atoms with Crippen molar-refractivity contribution in [1.82, 2.24) is 19.8 Å². The highest BCUT2D eigenvalue weighted by Gasteiger charge is 2.13. The molecule has 2 heterocycles. The Labute approximate surface area is 108 Å². The molecule has 1 atom stereocenters. The molecule has 4 nitrogen and oxygen atoms in total. The topological polar surface area (TPSA) is 41.1 Å². The Balaban J connectivity index is 1.70. The number of aromatic nitrogens is 2. The first-order chi connectivity index (χ1) is 8.25. The van der Waals surface area contributed by atoms with Crippen molar-refractivity contribution in [2.75, 3.05) is 19.6 Å². The van der Waals surface area contributed by atoms with E-state index < -0.39 is 0 Å². The molecule has 1 N–H and O–H groups in total. The van der Waals surface area contributed by atoms with Crippen LogP contribution in [0, 0.1) is 6.92 Å². The van der Waals surface area contributed by atoms with Crippen LogP contribution in [0.25, 0.3) is 0 Å². The van der Waals surface area contributed by atoms with Gasteiger partial charge in [-0.3, -0.25) is 0 Å². The van der Waals surface area contributed by atoms with Gasteiger partial charge in [-0.2, -0.15) is 0 Å². The summed E-state index contributed by atoms with van der Waals surface area (Å²) in [4.78, 5) is 3.83. The number of rotatable bonds is 5. The molecule has 1 aromatic rings. The van der Waals surface area contributed by atoms with E-state index in [0.29, 0.717) is 6.04 Å². The lowest BCUT2D eigenvalue weighted by atomic mass is 10.1. The van der Waals surface area contributed by atoms with Crippen LogP contribution in [0.1, 0.15) is 36.8 Å². The van der Waals surface area contributed by atoms with E-state index in [1.807, 2.05) is 6.92 Å². The fraction of sp³-hybridized carbons (Fsp3) is 0.833. The smallest absolute Gasteiger partial charge is 0.0769 e. The van der Waals surface area contributed by atoms with Crippen LogP contribution < -0.4 is 5.32 Å². The zero-order valence-corrected chi connectivity index (χ0v) is 11.6. The summed E-state index contributed by atoms with van der Waals surface area (Å²) in [5.74, 6) is 0. The van der Waals surface area contributed by atoms with Gasteiger partial charge >= 0.3 is 0 Å². The second-order valence-electron chi connectivity index (χ2n) is 4.92. The molecule has 0 spiro atoms. The molecule has 0 saturated carbocycles. The molecule has 0 radical (unpaired) electrons. The van der Waals surface area contributed by atoms with Gasteiger partial charge in [0.25, 0.3) is 0 Å². The van der Waals surface area contributed by atoms with E-state index >= 15 is 0 Å². The van der Waals surface area contributed by atoms with Gasteiger partial charge in [0.15, 0.2) is 0 Å². The van der Waals surface area contributed by atoms with E-state index in [1.54, 1.807) is 0 Å². The van der Waals surface area contributed by atoms with E-state index in [-0.39, 0.29) is 0 Å². The average Bonchev–Trinajstić information content (AvgIpc) is 2.74. The Morgan fingerprint density at radius 3 is 2.76 bits per heavy atom. The van der Waals surface area contributed by atoms with Gasteiger partial charge in [0, 0.05) is 19.1 Å². The van der Waals surface area contributed by atoms with Gasteiger partial charge in [0.2, 0.25) is 0 Å². The summed E-state index contributed by atoms with van der Waals surface area (Å²) in [6, 6.07) is 0.537. The third-order valence-electron chi connectivity index (χ3n) is 3.34. The Morgan fingerprint density at radius 1 is 1.35 bits per heavy atom. The second-order valence-corrected chi connectivity index (χ2v) is 5.76. The molecule has 1 aliphatic heterocycles. The summed E-state index contributed by atoms with van der Waals surface area (Å²) in [5, 5.41) is 7.59. The molecule has 1 saturated heterocycles. The first kappa shape index (κ1) is 12.9. The summed E-state index contributed by atoms with van der Waals surface area (Å²) in [5.41, 5.74) is 1.06. The molecule has 17 heavy (non-hydrogen) atoms. The molecule has 96 valence electrons. The Bertz CT molecular complexity index is 333. The summed E-state index contributed by atoms with van der Waals surface area (Å²) in [6.07, 6.45) is 4.14. The molecule has 0 aromatic carbocycles. The minimum absolute atomic E-state index is 0.537. The maximum Gasteiger partial charge on any atom is 0.0769 e. The minimum atomic E-state index is 0.537. The second kappa shape index (κ2) is 6.42. The standard InChI is InChI=1S/C12H22N4S/c1-10(9-16-6-4-3-5-7-16)13-8-12-11(2)14-15-17-12/h10,13H,3-9H2,1-2H3. The van der Waals surface area contributed by atoms with Gasteiger partial charge < -0.3 is 10.2 Å². The molecule has 2 rings (SSSR count). The van der Waals surface area contributed by atoms with E-state index in [0.717, 1.165) is 18.8 Å². The molecule has 1 aromatic heterocycles. The first-order valence-electron chi connectivity index (χ1n) is 6.49. The monoisotopic (exact) mass is 254 g/mol. The van der Waals surface area contributed by atoms with Crippen molar-refractivity contribution in [3.8, 4) is 0 Å². The molecule has 1 fully saturated rings. The number of piperidine rings is 1. The lowest BCUT2D eigenvalue weighted by Gasteiger charge is -2.29. The quantitative estimate of drug-likeness (QED) is 0.870. The number of hydrogen-bond donors (Lipinski definition) is 1. The van der Waals surface area contributed by atoms with Crippen molar-refractivity contribution >= 4 is 11.5 Å². The zero-order valence-electron chi connectivity index (χ0n) is 10.8. The maximum absolute atomic E-state index is 4.03. The zero-order chi connectivity index (χ0) is 12.1. The van der Waals surface area contributed by atoms with Gasteiger partial charge in [0.05, 0.1) is 10.6 Å². The maximum atomic E-state index is 4.03. The largest absolute Gasteiger partial charge is 0.308 e. The van der Waals surface area contributed by atoms with Crippen molar-refractivity contribution in [2.24, 2.45) is 0 Å². The first-order valence-corrected chi connectivity index (χ1v) is 7.26. The lowest BCUT2D eigenvalue weighted by Crippen LogP contribution is -2.41. The van der Waals surface area contributed by atoms with E-state index in [2.05, 4.69) is 26.7 Å². The van der Waals surface area contributed by atoms with E-state index in [4.69, 9.17) is 0 Å². The van der Waals surface area contributed by atoms with Crippen LogP contribution in [-0.4, -0.2) is 40.2 Å². The van der Waals surface area contributed by atoms with E-state index in [9.17, 15) is 0 Å². The summed E-state index contributed by atoms with van der Waals surface area (Å²) in [7, 11) is 0. The number of hydrogen-bond acceptors (Lipinski definition) is 5. The van der Waals surface area contributed by atoms with Gasteiger partial charge in [-0.15, -0.1) is 5.10 Å². The average molecular weight is 254 g/mol. The third kappa shape index (κ3) is 4.01. The highest BCUT2D eigenvalue weighted by Crippen LogP contribution is 2.10. The minimum Gasteiger partial charge on any atom is -0.308 e. The van der Waals surface area contributed by atoms with Crippen LogP contribution in [0.3, 0.4) is 0 Å². The highest BCUT2D eigenvalue weighted by molar-refractivity contribution is 7.05. The molecule has 0 amide bonds. The predicted molar refractivity (Wildman–Crippen MR) is 71.2 cm³/mol. The molecular weight excluding hydrogens is 232 g/mol. The molecule has 0 bridgehead atoms. The van der Waals surface area contributed by atoms with Gasteiger partial charge in [-0.25, -0.2) is 0 Å². The van der Waals surface area contributed by atoms with Crippen molar-refractivity contribution in [1.29, 1.82) is 0 Å². The Morgan fingerprint density at radius 2 is 2.12 bits per heavy atom. The lowest BCUT2D eigenvalue weighted by molar-refractivity contribution is 0.209. The fourth-order valence-corrected chi connectivity index (χ4v) is 2.86. The summed E-state index contributed by atoms with van der Waals surface area (Å²) >= 11 is 1.50. The summed E-state index contributed by atoms with van der Waals surface area (Å²) in [6.45, 7) is 8.89. The van der Waals surface area contributed by atoms with Crippen LogP contribution in [0.15, 0.2) is 0 Å². The Hall–Kier alpha value is -0.520. The SMILES string of the molecule is Cc1nnsc1CNC(C)CN1CCCCC1. The predicted octanol–water partition coefficient (Wildman–Crippen LogP) is 1.81. The van der Waals surface area contributed by atoms with Crippen LogP contribution in [0.4, 0.5) is 0 Å². The van der Waals surface area contributed by atoms with Crippen molar-refractivity contribution < 1.29 is 0 Å². The van der Waals surface area contributed by atoms with Crippen LogP contribution in [-0.2, 0) is 6.54 Å². The molecule has 5 heteroatoms. The van der Waals surface area contributed by atoms with Crippen molar-refractivity contribution in [2.45, 2.75) is 45.7 Å². The Kier molecular flexibility index (Phi) is 4.88. The highest BCUT2D eigenvalue weighted by atomic mass is 32.1. The van der Waals surface area contributed by atoms with Crippen molar-refractivity contribution in [3.63, 3.8) is 0 Å². The van der Waals surface area contributed by atoms with Crippen LogP contribution in [0.2, 0.25) is 0 Å². The van der Waals surface area contributed by atoms with Crippen LogP contribution in [0.5, 0.6) is 0 Å². The number of nitrogens with one attached hydrogen (secondary N) is 1. The number of nitrogens with zero attached hydrogens (tertiary/aromatic N) is 3. The van der Waals surface area contributed by atoms with Gasteiger partial charge in [-0.1, -0.05) is 10.9 Å². The van der Waals surface area contributed by atoms with Gasteiger partial charge in [0.1, 0.15) is 0 Å². The third-order valence-corrected chi connectivity index (χ3v) is 4.16. The molecular formula is C12H22N4S. The molecule has 0 aliphatic carbocycles. The summed E-state index contributed by atoms with van der Waals surface area (Å²) < 4.78 is 3.96. The van der Waals surface area contributed by atoms with Gasteiger partial charge in [-0.05, 0) is 51.3 Å². The number of likely N-dealkylation sites (tertiary alicyclic amines) is 1. The molecule has 1 unspecified atom stereocenters. The van der Waals surface area contributed by atoms with Crippen molar-refractivity contribution in [3.05, 3.63) is 10.6 Å². The molecule has 1 aliphatic rings. The van der Waals surface area contributed by atoms with E-state index in [1.165, 1.54) is 48.8 Å². The normalized spacial score (nSPS) is 19.4. The fourth-order valence-electron chi connectivity index (χ4n) is 2.27. The van der Waals surface area contributed by atoms with Crippen LogP contribution >= 0.6 is 11.5 Å².